The van der Waals surface area contributed by atoms with Crippen LogP contribution < -0.4 is 0 Å². The minimum absolute atomic E-state index is 0.173. The average Bonchev–Trinajstić information content (AvgIpc) is 2.18. The number of ketones is 1. The van der Waals surface area contributed by atoms with Gasteiger partial charge in [-0.05, 0) is 25.1 Å². The van der Waals surface area contributed by atoms with Crippen molar-refractivity contribution in [3.63, 3.8) is 0 Å². The van der Waals surface area contributed by atoms with E-state index in [0.29, 0.717) is 16.6 Å². The molecule has 1 aromatic carbocycles. The van der Waals surface area contributed by atoms with Crippen LogP contribution in [0.3, 0.4) is 0 Å². The summed E-state index contributed by atoms with van der Waals surface area (Å²) < 4.78 is 13.0. The van der Waals surface area contributed by atoms with Gasteiger partial charge in [0.1, 0.15) is 5.82 Å². The molecule has 0 bridgehead atoms. The number of halogens is 1. The Balaban J connectivity index is 2.78. The summed E-state index contributed by atoms with van der Waals surface area (Å²) in [5.41, 5.74) is 1.21. The van der Waals surface area contributed by atoms with Gasteiger partial charge in [0, 0.05) is 18.0 Å². The third-order valence-electron chi connectivity index (χ3n) is 2.16. The molecule has 15 heavy (non-hydrogen) atoms. The Morgan fingerprint density at radius 2 is 2.07 bits per heavy atom. The quantitative estimate of drug-likeness (QED) is 0.669. The topological polar surface area (TPSA) is 42.9 Å². The number of fused-ring (bicyclic) bond motifs is 1. The SMILES string of the molecule is CC(=O)c1nc(C)c2cc(F)ccc2n1. The first kappa shape index (κ1) is 9.71. The minimum atomic E-state index is -0.329. The number of benzene rings is 1. The van der Waals surface area contributed by atoms with Crippen LogP contribution in [0.1, 0.15) is 23.2 Å². The third-order valence-corrected chi connectivity index (χ3v) is 2.16. The van der Waals surface area contributed by atoms with Gasteiger partial charge in [0.25, 0.3) is 0 Å². The fourth-order valence-corrected chi connectivity index (χ4v) is 1.41. The molecule has 0 aliphatic heterocycles. The maximum atomic E-state index is 13.0. The van der Waals surface area contributed by atoms with Crippen LogP contribution in [-0.4, -0.2) is 15.8 Å². The molecular formula is C11H9FN2O. The van der Waals surface area contributed by atoms with E-state index in [2.05, 4.69) is 9.97 Å². The van der Waals surface area contributed by atoms with E-state index in [1.165, 1.54) is 19.1 Å². The molecule has 0 atom stereocenters. The average molecular weight is 204 g/mol. The first-order chi connectivity index (χ1) is 7.08. The van der Waals surface area contributed by atoms with E-state index < -0.39 is 0 Å². The van der Waals surface area contributed by atoms with Crippen LogP contribution in [0.2, 0.25) is 0 Å². The molecule has 2 rings (SSSR count). The molecule has 2 aromatic rings. The van der Waals surface area contributed by atoms with Crippen LogP contribution in [-0.2, 0) is 0 Å². The Hall–Kier alpha value is -1.84. The van der Waals surface area contributed by atoms with Crippen LogP contribution in [0, 0.1) is 12.7 Å². The number of aryl methyl sites for hydroxylation is 1. The van der Waals surface area contributed by atoms with Crippen molar-refractivity contribution in [2.75, 3.05) is 0 Å². The first-order valence-corrected chi connectivity index (χ1v) is 4.53. The lowest BCUT2D eigenvalue weighted by molar-refractivity contribution is 0.100. The van der Waals surface area contributed by atoms with Gasteiger partial charge in [-0.1, -0.05) is 0 Å². The van der Waals surface area contributed by atoms with Gasteiger partial charge in [-0.3, -0.25) is 4.79 Å². The van der Waals surface area contributed by atoms with Crippen LogP contribution in [0.15, 0.2) is 18.2 Å². The second-order valence-electron chi connectivity index (χ2n) is 3.35. The van der Waals surface area contributed by atoms with E-state index in [1.807, 2.05) is 0 Å². The molecular weight excluding hydrogens is 195 g/mol. The van der Waals surface area contributed by atoms with Crippen molar-refractivity contribution in [1.82, 2.24) is 9.97 Å². The molecule has 0 saturated heterocycles. The highest BCUT2D eigenvalue weighted by atomic mass is 19.1. The number of rotatable bonds is 1. The van der Waals surface area contributed by atoms with Gasteiger partial charge in [0.2, 0.25) is 0 Å². The van der Waals surface area contributed by atoms with Gasteiger partial charge in [0.15, 0.2) is 11.6 Å². The molecule has 76 valence electrons. The molecule has 0 radical (unpaired) electrons. The van der Waals surface area contributed by atoms with Crippen LogP contribution >= 0.6 is 0 Å². The molecule has 0 aliphatic carbocycles. The highest BCUT2D eigenvalue weighted by Gasteiger charge is 2.08. The van der Waals surface area contributed by atoms with E-state index in [1.54, 1.807) is 13.0 Å². The Morgan fingerprint density at radius 3 is 2.73 bits per heavy atom. The first-order valence-electron chi connectivity index (χ1n) is 4.53. The van der Waals surface area contributed by atoms with Crippen molar-refractivity contribution < 1.29 is 9.18 Å². The van der Waals surface area contributed by atoms with Gasteiger partial charge in [-0.25, -0.2) is 14.4 Å². The normalized spacial score (nSPS) is 10.6. The maximum Gasteiger partial charge on any atom is 0.196 e. The van der Waals surface area contributed by atoms with Crippen LogP contribution in [0.5, 0.6) is 0 Å². The lowest BCUT2D eigenvalue weighted by Gasteiger charge is -2.02. The van der Waals surface area contributed by atoms with Crippen molar-refractivity contribution in [2.45, 2.75) is 13.8 Å². The molecule has 0 aliphatic rings. The lowest BCUT2D eigenvalue weighted by atomic mass is 10.2. The number of nitrogens with zero attached hydrogens (tertiary/aromatic N) is 2. The summed E-state index contributed by atoms with van der Waals surface area (Å²) in [5, 5.41) is 0.639. The summed E-state index contributed by atoms with van der Waals surface area (Å²) in [6.07, 6.45) is 0. The zero-order valence-electron chi connectivity index (χ0n) is 8.41. The molecule has 0 fully saturated rings. The number of hydrogen-bond acceptors (Lipinski definition) is 3. The van der Waals surface area contributed by atoms with Gasteiger partial charge in [-0.15, -0.1) is 0 Å². The number of hydrogen-bond donors (Lipinski definition) is 0. The molecule has 0 saturated carbocycles. The fourth-order valence-electron chi connectivity index (χ4n) is 1.41. The van der Waals surface area contributed by atoms with E-state index >= 15 is 0 Å². The largest absolute Gasteiger partial charge is 0.291 e. The van der Waals surface area contributed by atoms with Gasteiger partial charge >= 0.3 is 0 Å². The van der Waals surface area contributed by atoms with E-state index in [0.717, 1.165) is 0 Å². The second kappa shape index (κ2) is 3.38. The van der Waals surface area contributed by atoms with Gasteiger partial charge < -0.3 is 0 Å². The second-order valence-corrected chi connectivity index (χ2v) is 3.35. The summed E-state index contributed by atoms with van der Waals surface area (Å²) >= 11 is 0. The summed E-state index contributed by atoms with van der Waals surface area (Å²) in [7, 11) is 0. The molecule has 0 unspecified atom stereocenters. The molecule has 0 N–H and O–H groups in total. The Labute approximate surface area is 86.0 Å². The molecule has 4 heteroatoms. The van der Waals surface area contributed by atoms with Crippen molar-refractivity contribution >= 4 is 16.7 Å². The van der Waals surface area contributed by atoms with Crippen LogP contribution in [0.4, 0.5) is 4.39 Å². The lowest BCUT2D eigenvalue weighted by Crippen LogP contribution is -2.03. The van der Waals surface area contributed by atoms with E-state index in [4.69, 9.17) is 0 Å². The minimum Gasteiger partial charge on any atom is -0.291 e. The third kappa shape index (κ3) is 1.70. The predicted octanol–water partition coefficient (Wildman–Crippen LogP) is 2.28. The monoisotopic (exact) mass is 204 g/mol. The molecule has 1 heterocycles. The Kier molecular flexibility index (Phi) is 2.19. The fraction of sp³-hybridized carbons (Fsp3) is 0.182. The number of carbonyl (C=O) groups excluding carboxylic acids is 1. The van der Waals surface area contributed by atoms with Crippen molar-refractivity contribution in [2.24, 2.45) is 0 Å². The number of Topliss-reactive ketones (excluding diaryl/α,β-unsaturated/α-hetero) is 1. The Bertz CT molecular complexity index is 552. The predicted molar refractivity (Wildman–Crippen MR) is 54.2 cm³/mol. The standard InChI is InChI=1S/C11H9FN2O/c1-6-9-5-8(12)3-4-10(9)14-11(13-6)7(2)15/h3-5H,1-2H3. The Morgan fingerprint density at radius 1 is 1.33 bits per heavy atom. The molecule has 1 aromatic heterocycles. The van der Waals surface area contributed by atoms with Crippen molar-refractivity contribution in [3.8, 4) is 0 Å². The summed E-state index contributed by atoms with van der Waals surface area (Å²) in [6.45, 7) is 3.14. The summed E-state index contributed by atoms with van der Waals surface area (Å²) in [6, 6.07) is 4.24. The molecule has 0 amide bonds. The molecule has 3 nitrogen and oxygen atoms in total. The van der Waals surface area contributed by atoms with Crippen molar-refractivity contribution in [3.05, 3.63) is 35.5 Å². The smallest absolute Gasteiger partial charge is 0.196 e. The van der Waals surface area contributed by atoms with Crippen LogP contribution in [0.25, 0.3) is 10.9 Å². The summed E-state index contributed by atoms with van der Waals surface area (Å²) in [5.74, 6) is -0.347. The highest BCUT2D eigenvalue weighted by Crippen LogP contribution is 2.16. The number of aromatic nitrogens is 2. The van der Waals surface area contributed by atoms with Gasteiger partial charge in [0.05, 0.1) is 5.52 Å². The van der Waals surface area contributed by atoms with Gasteiger partial charge in [-0.2, -0.15) is 0 Å². The zero-order chi connectivity index (χ0) is 11.0. The van der Waals surface area contributed by atoms with E-state index in [-0.39, 0.29) is 17.4 Å². The molecule has 0 spiro atoms. The zero-order valence-corrected chi connectivity index (χ0v) is 8.41. The maximum absolute atomic E-state index is 13.0. The van der Waals surface area contributed by atoms with E-state index in [9.17, 15) is 9.18 Å². The van der Waals surface area contributed by atoms with Crippen molar-refractivity contribution in [1.29, 1.82) is 0 Å². The number of carbonyl (C=O) groups is 1. The highest BCUT2D eigenvalue weighted by molar-refractivity contribution is 5.93. The summed E-state index contributed by atoms with van der Waals surface area (Å²) in [4.78, 5) is 19.2.